The number of benzene rings is 1. The summed E-state index contributed by atoms with van der Waals surface area (Å²) in [5.41, 5.74) is 3.36. The molecular formula is C22H28ClN3O2S. The van der Waals surface area contributed by atoms with Crippen LogP contribution in [0.15, 0.2) is 28.2 Å². The first-order valence-corrected chi connectivity index (χ1v) is 10.9. The number of aliphatic imine (C=N–C) groups is 2. The zero-order valence-corrected chi connectivity index (χ0v) is 19.0. The first-order chi connectivity index (χ1) is 13.8. The Bertz CT molecular complexity index is 934. The Balaban J connectivity index is 2.05. The summed E-state index contributed by atoms with van der Waals surface area (Å²) in [6, 6.07) is 5.67. The molecule has 7 heteroatoms. The lowest BCUT2D eigenvalue weighted by Crippen LogP contribution is -2.54. The molecule has 1 aliphatic rings. The molecule has 1 atom stereocenters. The van der Waals surface area contributed by atoms with E-state index >= 15 is 0 Å². The minimum atomic E-state index is -0.532. The van der Waals surface area contributed by atoms with E-state index < -0.39 is 6.10 Å². The first kappa shape index (κ1) is 22.0. The summed E-state index contributed by atoms with van der Waals surface area (Å²) in [7, 11) is 1.75. The first-order valence-electron chi connectivity index (χ1n) is 9.71. The van der Waals surface area contributed by atoms with Gasteiger partial charge in [-0.25, -0.2) is 0 Å². The Hall–Kier alpha value is -1.73. The number of nitrogens with one attached hydrogen (secondary N) is 1. The number of hydrogen-bond donors (Lipinski definition) is 2. The summed E-state index contributed by atoms with van der Waals surface area (Å²) in [6.45, 7) is 12.3. The van der Waals surface area contributed by atoms with Gasteiger partial charge in [-0.2, -0.15) is 0 Å². The van der Waals surface area contributed by atoms with E-state index in [-0.39, 0.29) is 5.41 Å². The average Bonchev–Trinajstić information content (AvgIpc) is 3.09. The number of aliphatic hydroxyl groups is 1. The smallest absolute Gasteiger partial charge is 0.131 e. The zero-order chi connectivity index (χ0) is 21.2. The molecule has 1 saturated heterocycles. The van der Waals surface area contributed by atoms with Crippen molar-refractivity contribution in [2.75, 3.05) is 26.7 Å². The second kappa shape index (κ2) is 8.96. The van der Waals surface area contributed by atoms with Gasteiger partial charge in [-0.15, -0.1) is 11.3 Å². The fraction of sp³-hybridized carbons (Fsp3) is 0.455. The number of thiophene rings is 1. The highest BCUT2D eigenvalue weighted by Crippen LogP contribution is 2.39. The highest BCUT2D eigenvalue weighted by Gasteiger charge is 2.33. The van der Waals surface area contributed by atoms with Crippen molar-refractivity contribution < 1.29 is 9.84 Å². The van der Waals surface area contributed by atoms with Gasteiger partial charge in [0.15, 0.2) is 0 Å². The maximum atomic E-state index is 10.3. The summed E-state index contributed by atoms with van der Waals surface area (Å²) in [4.78, 5) is 10.4. The third kappa shape index (κ3) is 4.56. The van der Waals surface area contributed by atoms with Gasteiger partial charge >= 0.3 is 0 Å². The van der Waals surface area contributed by atoms with Gasteiger partial charge in [0.05, 0.1) is 29.0 Å². The average molecular weight is 434 g/mol. The second-order valence-corrected chi connectivity index (χ2v) is 9.34. The van der Waals surface area contributed by atoms with Crippen LogP contribution in [0.1, 0.15) is 47.3 Å². The van der Waals surface area contributed by atoms with Crippen LogP contribution in [0.3, 0.4) is 0 Å². The van der Waals surface area contributed by atoms with Crippen molar-refractivity contribution in [1.82, 2.24) is 5.32 Å². The quantitative estimate of drug-likeness (QED) is 0.579. The molecule has 1 unspecified atom stereocenters. The van der Waals surface area contributed by atoms with Crippen LogP contribution in [-0.2, 0) is 0 Å². The molecule has 29 heavy (non-hydrogen) atoms. The topological polar surface area (TPSA) is 66.2 Å². The summed E-state index contributed by atoms with van der Waals surface area (Å²) >= 11 is 7.88. The van der Waals surface area contributed by atoms with Crippen LogP contribution in [0.2, 0.25) is 5.02 Å². The standard InChI is InChI=1S/C22H28ClN3O2S/c1-6-17(27)18-9-16(24-4)21(29-18)19(25-5)15-8-14(23)7-13(2)20(15)28-12-22(3)10-26-11-22/h7-9,17,26-27H,4,6,10-12H2,1-3,5H3. The predicted molar refractivity (Wildman–Crippen MR) is 123 cm³/mol. The number of ether oxygens (including phenoxy) is 1. The lowest BCUT2D eigenvalue weighted by molar-refractivity contribution is 0.101. The van der Waals surface area contributed by atoms with E-state index in [1.54, 1.807) is 7.05 Å². The molecule has 0 spiro atoms. The van der Waals surface area contributed by atoms with Crippen molar-refractivity contribution >= 4 is 41.1 Å². The van der Waals surface area contributed by atoms with Gasteiger partial charge in [0.1, 0.15) is 5.75 Å². The largest absolute Gasteiger partial charge is 0.492 e. The van der Waals surface area contributed by atoms with Gasteiger partial charge in [0.2, 0.25) is 0 Å². The third-order valence-corrected chi connectivity index (χ3v) is 6.67. The summed E-state index contributed by atoms with van der Waals surface area (Å²) in [5.74, 6) is 0.782. The lowest BCUT2D eigenvalue weighted by Gasteiger charge is -2.39. The van der Waals surface area contributed by atoms with E-state index in [1.165, 1.54) is 11.3 Å². The van der Waals surface area contributed by atoms with Crippen LogP contribution in [0.4, 0.5) is 5.69 Å². The molecule has 1 fully saturated rings. The van der Waals surface area contributed by atoms with Gasteiger partial charge in [0.25, 0.3) is 0 Å². The van der Waals surface area contributed by atoms with Gasteiger partial charge in [-0.1, -0.05) is 25.4 Å². The molecule has 0 radical (unpaired) electrons. The maximum Gasteiger partial charge on any atom is 0.131 e. The van der Waals surface area contributed by atoms with Crippen molar-refractivity contribution in [1.29, 1.82) is 0 Å². The number of aliphatic hydroxyl groups excluding tert-OH is 1. The van der Waals surface area contributed by atoms with E-state index in [9.17, 15) is 5.11 Å². The van der Waals surface area contributed by atoms with Crippen LogP contribution >= 0.6 is 22.9 Å². The number of rotatable bonds is 8. The summed E-state index contributed by atoms with van der Waals surface area (Å²) in [5, 5.41) is 14.2. The maximum absolute atomic E-state index is 10.3. The molecule has 0 amide bonds. The van der Waals surface area contributed by atoms with Crippen LogP contribution in [0.5, 0.6) is 5.75 Å². The van der Waals surface area contributed by atoms with E-state index in [0.717, 1.165) is 45.4 Å². The minimum absolute atomic E-state index is 0.127. The molecule has 5 nitrogen and oxygen atoms in total. The molecule has 2 aromatic rings. The Morgan fingerprint density at radius 1 is 1.41 bits per heavy atom. The monoisotopic (exact) mass is 433 g/mol. The van der Waals surface area contributed by atoms with Crippen molar-refractivity contribution in [3.05, 3.63) is 44.1 Å². The molecule has 1 aromatic heterocycles. The molecule has 2 N–H and O–H groups in total. The molecule has 1 aromatic carbocycles. The van der Waals surface area contributed by atoms with Crippen LogP contribution in [0.25, 0.3) is 0 Å². The highest BCUT2D eigenvalue weighted by molar-refractivity contribution is 7.15. The van der Waals surface area contributed by atoms with E-state index in [0.29, 0.717) is 23.7 Å². The lowest BCUT2D eigenvalue weighted by atomic mass is 9.85. The SMILES string of the molecule is C=Nc1cc(C(O)CC)sc1C(=NC)c1cc(Cl)cc(C)c1OCC1(C)CNC1. The molecule has 1 aliphatic heterocycles. The van der Waals surface area contributed by atoms with Crippen molar-refractivity contribution in [3.8, 4) is 5.75 Å². The number of nitrogens with zero attached hydrogens (tertiary/aromatic N) is 2. The summed E-state index contributed by atoms with van der Waals surface area (Å²) in [6.07, 6.45) is 0.0992. The predicted octanol–water partition coefficient (Wildman–Crippen LogP) is 4.94. The van der Waals surface area contributed by atoms with Crippen LogP contribution in [-0.4, -0.2) is 44.3 Å². The number of halogens is 1. The highest BCUT2D eigenvalue weighted by atomic mass is 35.5. The Labute approximate surface area is 181 Å². The Kier molecular flexibility index (Phi) is 6.79. The molecule has 2 heterocycles. The fourth-order valence-electron chi connectivity index (χ4n) is 3.39. The molecular weight excluding hydrogens is 406 g/mol. The summed E-state index contributed by atoms with van der Waals surface area (Å²) < 4.78 is 6.31. The fourth-order valence-corrected chi connectivity index (χ4v) is 4.90. The van der Waals surface area contributed by atoms with Gasteiger partial charge in [-0.3, -0.25) is 9.98 Å². The van der Waals surface area contributed by atoms with E-state index in [4.69, 9.17) is 16.3 Å². The van der Waals surface area contributed by atoms with Gasteiger partial charge in [0, 0.05) is 41.0 Å². The molecule has 0 aliphatic carbocycles. The number of aryl methyl sites for hydroxylation is 1. The molecule has 0 bridgehead atoms. The van der Waals surface area contributed by atoms with Gasteiger partial charge < -0.3 is 15.2 Å². The third-order valence-electron chi connectivity index (χ3n) is 5.22. The van der Waals surface area contributed by atoms with Crippen molar-refractivity contribution in [2.45, 2.75) is 33.3 Å². The van der Waals surface area contributed by atoms with Crippen LogP contribution in [0, 0.1) is 12.3 Å². The van der Waals surface area contributed by atoms with Crippen molar-refractivity contribution in [2.24, 2.45) is 15.4 Å². The van der Waals surface area contributed by atoms with Crippen molar-refractivity contribution in [3.63, 3.8) is 0 Å². The van der Waals surface area contributed by atoms with E-state index in [2.05, 4.69) is 28.9 Å². The number of hydrogen-bond acceptors (Lipinski definition) is 6. The Morgan fingerprint density at radius 2 is 2.14 bits per heavy atom. The normalized spacial score (nSPS) is 17.0. The van der Waals surface area contributed by atoms with E-state index in [1.807, 2.05) is 32.0 Å². The molecule has 156 valence electrons. The minimum Gasteiger partial charge on any atom is -0.492 e. The Morgan fingerprint density at radius 3 is 2.69 bits per heavy atom. The van der Waals surface area contributed by atoms with Gasteiger partial charge in [-0.05, 0) is 43.8 Å². The zero-order valence-electron chi connectivity index (χ0n) is 17.4. The van der Waals surface area contributed by atoms with Crippen LogP contribution < -0.4 is 10.1 Å². The molecule has 3 rings (SSSR count). The second-order valence-electron chi connectivity index (χ2n) is 7.82. The molecule has 0 saturated carbocycles.